The molecule has 3 atom stereocenters. The lowest BCUT2D eigenvalue weighted by Crippen LogP contribution is -2.40. The van der Waals surface area contributed by atoms with Crippen molar-refractivity contribution in [1.29, 1.82) is 0 Å². The lowest BCUT2D eigenvalue weighted by molar-refractivity contribution is -0.0229. The minimum atomic E-state index is -0.637. The molecule has 0 aromatic heterocycles. The van der Waals surface area contributed by atoms with Gasteiger partial charge in [-0.2, -0.15) is 0 Å². The average Bonchev–Trinajstić information content (AvgIpc) is 2.93. The van der Waals surface area contributed by atoms with Crippen LogP contribution >= 0.6 is 0 Å². The molecule has 0 spiro atoms. The Morgan fingerprint density at radius 2 is 2.16 bits per heavy atom. The summed E-state index contributed by atoms with van der Waals surface area (Å²) in [5, 5.41) is 9.96. The van der Waals surface area contributed by atoms with Gasteiger partial charge in [-0.3, -0.25) is 0 Å². The van der Waals surface area contributed by atoms with Crippen LogP contribution in [0.25, 0.3) is 0 Å². The second-order valence-corrected chi connectivity index (χ2v) is 5.09. The van der Waals surface area contributed by atoms with E-state index < -0.39 is 6.10 Å². The van der Waals surface area contributed by atoms with Crippen LogP contribution in [0, 0.1) is 0 Å². The highest BCUT2D eigenvalue weighted by molar-refractivity contribution is 5.16. The van der Waals surface area contributed by atoms with E-state index in [-0.39, 0.29) is 18.8 Å². The van der Waals surface area contributed by atoms with Gasteiger partial charge in [0.2, 0.25) is 0 Å². The molecule has 1 aliphatic heterocycles. The highest BCUT2D eigenvalue weighted by atomic mass is 16.5. The Balaban J connectivity index is 1.65. The number of aliphatic hydroxyl groups is 1. The summed E-state index contributed by atoms with van der Waals surface area (Å²) >= 11 is 0. The third-order valence-corrected chi connectivity index (χ3v) is 3.42. The van der Waals surface area contributed by atoms with Crippen molar-refractivity contribution in [2.45, 2.75) is 37.5 Å². The van der Waals surface area contributed by atoms with Crippen molar-refractivity contribution in [2.75, 3.05) is 19.8 Å². The highest BCUT2D eigenvalue weighted by Crippen LogP contribution is 2.12. The van der Waals surface area contributed by atoms with E-state index in [4.69, 9.17) is 15.2 Å². The monoisotopic (exact) mass is 265 g/mol. The fraction of sp³-hybridized carbons (Fsp3) is 0.600. The molecule has 1 fully saturated rings. The van der Waals surface area contributed by atoms with Crippen molar-refractivity contribution in [3.63, 3.8) is 0 Å². The van der Waals surface area contributed by atoms with Gasteiger partial charge in [0.15, 0.2) is 0 Å². The Bertz CT molecular complexity index is 352. The Morgan fingerprint density at radius 1 is 1.37 bits per heavy atom. The van der Waals surface area contributed by atoms with E-state index in [2.05, 4.69) is 0 Å². The van der Waals surface area contributed by atoms with Crippen LogP contribution in [0.1, 0.15) is 18.4 Å². The molecular weight excluding hydrogens is 242 g/mol. The summed E-state index contributed by atoms with van der Waals surface area (Å²) in [6.45, 7) is 1.65. The molecule has 2 rings (SSSR count). The van der Waals surface area contributed by atoms with Gasteiger partial charge in [-0.1, -0.05) is 30.3 Å². The van der Waals surface area contributed by atoms with E-state index in [1.165, 1.54) is 0 Å². The molecule has 0 radical (unpaired) electrons. The molecule has 0 amide bonds. The molecule has 3 N–H and O–H groups in total. The Kier molecular flexibility index (Phi) is 5.79. The zero-order valence-corrected chi connectivity index (χ0v) is 11.2. The second kappa shape index (κ2) is 7.60. The van der Waals surface area contributed by atoms with Crippen LogP contribution in [0.5, 0.6) is 0 Å². The van der Waals surface area contributed by atoms with Gasteiger partial charge < -0.3 is 20.3 Å². The van der Waals surface area contributed by atoms with Crippen molar-refractivity contribution >= 4 is 0 Å². The SMILES string of the molecule is NC(Cc1ccccc1)C(O)COCC1CCCO1. The lowest BCUT2D eigenvalue weighted by Gasteiger charge is -2.20. The number of benzene rings is 1. The average molecular weight is 265 g/mol. The van der Waals surface area contributed by atoms with Crippen LogP contribution < -0.4 is 5.73 Å². The topological polar surface area (TPSA) is 64.7 Å². The number of rotatable bonds is 7. The van der Waals surface area contributed by atoms with Crippen LogP contribution in [-0.4, -0.2) is 43.2 Å². The minimum Gasteiger partial charge on any atom is -0.389 e. The predicted octanol–water partition coefficient (Wildman–Crippen LogP) is 1.11. The maximum atomic E-state index is 9.96. The molecule has 1 aliphatic rings. The van der Waals surface area contributed by atoms with Crippen molar-refractivity contribution in [2.24, 2.45) is 5.73 Å². The summed E-state index contributed by atoms with van der Waals surface area (Å²) in [4.78, 5) is 0. The molecule has 106 valence electrons. The number of ether oxygens (including phenoxy) is 2. The maximum Gasteiger partial charge on any atom is 0.0927 e. The third-order valence-electron chi connectivity index (χ3n) is 3.42. The number of hydrogen-bond acceptors (Lipinski definition) is 4. The van der Waals surface area contributed by atoms with Crippen molar-refractivity contribution in [3.05, 3.63) is 35.9 Å². The zero-order valence-electron chi connectivity index (χ0n) is 11.2. The Morgan fingerprint density at radius 3 is 2.84 bits per heavy atom. The van der Waals surface area contributed by atoms with E-state index in [1.807, 2.05) is 30.3 Å². The largest absolute Gasteiger partial charge is 0.389 e. The quantitative estimate of drug-likeness (QED) is 0.775. The van der Waals surface area contributed by atoms with E-state index in [0.29, 0.717) is 13.0 Å². The molecule has 1 aromatic carbocycles. The number of aliphatic hydroxyl groups excluding tert-OH is 1. The van der Waals surface area contributed by atoms with Crippen LogP contribution in [0.3, 0.4) is 0 Å². The van der Waals surface area contributed by atoms with Gasteiger partial charge in [-0.05, 0) is 24.8 Å². The van der Waals surface area contributed by atoms with Crippen LogP contribution in [-0.2, 0) is 15.9 Å². The molecule has 0 saturated carbocycles. The van der Waals surface area contributed by atoms with E-state index >= 15 is 0 Å². The maximum absolute atomic E-state index is 9.96. The second-order valence-electron chi connectivity index (χ2n) is 5.09. The molecule has 1 aromatic rings. The highest BCUT2D eigenvalue weighted by Gasteiger charge is 2.18. The van der Waals surface area contributed by atoms with E-state index in [1.54, 1.807) is 0 Å². The van der Waals surface area contributed by atoms with Crippen molar-refractivity contribution < 1.29 is 14.6 Å². The molecule has 1 heterocycles. The van der Waals surface area contributed by atoms with Gasteiger partial charge in [0, 0.05) is 12.6 Å². The minimum absolute atomic E-state index is 0.192. The summed E-state index contributed by atoms with van der Waals surface area (Å²) in [5.74, 6) is 0. The van der Waals surface area contributed by atoms with Gasteiger partial charge >= 0.3 is 0 Å². The molecule has 0 bridgehead atoms. The fourth-order valence-corrected chi connectivity index (χ4v) is 2.24. The first-order valence-corrected chi connectivity index (χ1v) is 6.92. The first-order valence-electron chi connectivity index (χ1n) is 6.92. The van der Waals surface area contributed by atoms with Crippen LogP contribution in [0.4, 0.5) is 0 Å². The van der Waals surface area contributed by atoms with Crippen molar-refractivity contribution in [1.82, 2.24) is 0 Å². The Labute approximate surface area is 114 Å². The van der Waals surface area contributed by atoms with Crippen LogP contribution in [0.2, 0.25) is 0 Å². The summed E-state index contributed by atoms with van der Waals surface area (Å²) in [6.07, 6.45) is 2.36. The lowest BCUT2D eigenvalue weighted by atomic mass is 10.0. The first-order chi connectivity index (χ1) is 9.25. The standard InChI is InChI=1S/C15H23NO3/c16-14(9-12-5-2-1-3-6-12)15(17)11-18-10-13-7-4-8-19-13/h1-3,5-6,13-15,17H,4,7-11,16H2. The van der Waals surface area contributed by atoms with E-state index in [9.17, 15) is 5.11 Å². The molecular formula is C15H23NO3. The van der Waals surface area contributed by atoms with Gasteiger partial charge in [-0.15, -0.1) is 0 Å². The summed E-state index contributed by atoms with van der Waals surface area (Å²) in [6, 6.07) is 9.65. The van der Waals surface area contributed by atoms with E-state index in [0.717, 1.165) is 25.0 Å². The molecule has 4 nitrogen and oxygen atoms in total. The van der Waals surface area contributed by atoms with Gasteiger partial charge in [0.25, 0.3) is 0 Å². The molecule has 3 unspecified atom stereocenters. The predicted molar refractivity (Wildman–Crippen MR) is 73.9 cm³/mol. The molecule has 1 saturated heterocycles. The number of hydrogen-bond donors (Lipinski definition) is 2. The van der Waals surface area contributed by atoms with Gasteiger partial charge in [-0.25, -0.2) is 0 Å². The zero-order chi connectivity index (χ0) is 13.5. The molecule has 0 aliphatic carbocycles. The smallest absolute Gasteiger partial charge is 0.0927 e. The van der Waals surface area contributed by atoms with Gasteiger partial charge in [0.05, 0.1) is 25.4 Å². The van der Waals surface area contributed by atoms with Crippen molar-refractivity contribution in [3.8, 4) is 0 Å². The third kappa shape index (κ3) is 4.91. The van der Waals surface area contributed by atoms with Crippen LogP contribution in [0.15, 0.2) is 30.3 Å². The molecule has 19 heavy (non-hydrogen) atoms. The molecule has 4 heteroatoms. The summed E-state index contributed by atoms with van der Waals surface area (Å²) in [5.41, 5.74) is 7.11. The number of nitrogens with two attached hydrogens (primary N) is 1. The van der Waals surface area contributed by atoms with Gasteiger partial charge in [0.1, 0.15) is 0 Å². The Hall–Kier alpha value is -0.940. The first kappa shape index (κ1) is 14.5. The summed E-state index contributed by atoms with van der Waals surface area (Å²) < 4.78 is 10.9. The fourth-order valence-electron chi connectivity index (χ4n) is 2.24. The normalized spacial score (nSPS) is 22.3. The summed E-state index contributed by atoms with van der Waals surface area (Å²) in [7, 11) is 0.